The number of aromatic nitrogens is 3. The molecule has 1 aliphatic heterocycles. The van der Waals surface area contributed by atoms with Gasteiger partial charge in [-0.1, -0.05) is 13.8 Å². The molecule has 0 aliphatic carbocycles. The van der Waals surface area contributed by atoms with Crippen LogP contribution in [0.4, 0.5) is 13.2 Å². The fourth-order valence-corrected chi connectivity index (χ4v) is 3.77. The number of alkyl halides is 3. The van der Waals surface area contributed by atoms with Crippen LogP contribution in [0.5, 0.6) is 0 Å². The molecule has 3 rings (SSSR count). The molecule has 2 aromatic heterocycles. The molecule has 0 saturated carbocycles. The lowest BCUT2D eigenvalue weighted by Gasteiger charge is -2.35. The first-order chi connectivity index (χ1) is 13.0. The van der Waals surface area contributed by atoms with Crippen molar-refractivity contribution in [3.8, 4) is 0 Å². The minimum atomic E-state index is -4.70. The smallest absolute Gasteiger partial charge is 0.341 e. The van der Waals surface area contributed by atoms with Gasteiger partial charge in [-0.2, -0.15) is 13.2 Å². The average molecular weight is 398 g/mol. The zero-order chi connectivity index (χ0) is 20.8. The van der Waals surface area contributed by atoms with Crippen molar-refractivity contribution in [2.45, 2.75) is 33.0 Å². The highest BCUT2D eigenvalue weighted by Crippen LogP contribution is 2.28. The highest BCUT2D eigenvalue weighted by atomic mass is 19.4. The molecule has 2 atom stereocenters. The molecule has 3 heterocycles. The SMILES string of the molecule is CC1CC(C)CN(C(=O)Cn2c(=O)c3ccc(C(F)(F)F)nc3n(C)c2=O)C1. The molecule has 1 saturated heterocycles. The van der Waals surface area contributed by atoms with Crippen LogP contribution in [-0.2, 0) is 24.6 Å². The Bertz CT molecular complexity index is 1030. The van der Waals surface area contributed by atoms with E-state index in [0.717, 1.165) is 21.6 Å². The van der Waals surface area contributed by atoms with Crippen LogP contribution in [0.15, 0.2) is 21.7 Å². The van der Waals surface area contributed by atoms with Crippen LogP contribution >= 0.6 is 0 Å². The number of pyridine rings is 1. The standard InChI is InChI=1S/C18H21F3N4O3/c1-10-6-11(2)8-24(7-10)14(26)9-25-16(27)12-4-5-13(18(19,20)21)22-15(12)23(3)17(25)28/h4-5,10-11H,6-9H2,1-3H3. The molecular weight excluding hydrogens is 377 g/mol. The van der Waals surface area contributed by atoms with Gasteiger partial charge in [-0.3, -0.25) is 18.7 Å². The maximum absolute atomic E-state index is 12.9. The number of hydrogen-bond donors (Lipinski definition) is 0. The van der Waals surface area contributed by atoms with Crippen molar-refractivity contribution < 1.29 is 18.0 Å². The predicted molar refractivity (Wildman–Crippen MR) is 95.8 cm³/mol. The zero-order valence-corrected chi connectivity index (χ0v) is 15.8. The zero-order valence-electron chi connectivity index (χ0n) is 15.8. The molecule has 1 fully saturated rings. The van der Waals surface area contributed by atoms with Crippen LogP contribution in [0.3, 0.4) is 0 Å². The van der Waals surface area contributed by atoms with Crippen molar-refractivity contribution in [3.05, 3.63) is 38.7 Å². The molecule has 1 aliphatic rings. The number of fused-ring (bicyclic) bond motifs is 1. The largest absolute Gasteiger partial charge is 0.433 e. The first kappa shape index (κ1) is 20.1. The molecule has 0 radical (unpaired) electrons. The van der Waals surface area contributed by atoms with Gasteiger partial charge in [0.05, 0.1) is 5.39 Å². The summed E-state index contributed by atoms with van der Waals surface area (Å²) in [6, 6.07) is 1.67. The van der Waals surface area contributed by atoms with Gasteiger partial charge in [0.15, 0.2) is 0 Å². The summed E-state index contributed by atoms with van der Waals surface area (Å²) < 4.78 is 40.3. The van der Waals surface area contributed by atoms with E-state index < -0.39 is 29.7 Å². The van der Waals surface area contributed by atoms with E-state index in [1.807, 2.05) is 13.8 Å². The molecule has 10 heteroatoms. The quantitative estimate of drug-likeness (QED) is 0.770. The first-order valence-electron chi connectivity index (χ1n) is 8.94. The van der Waals surface area contributed by atoms with E-state index in [-0.39, 0.29) is 16.9 Å². The van der Waals surface area contributed by atoms with Crippen LogP contribution in [0.2, 0.25) is 0 Å². The van der Waals surface area contributed by atoms with E-state index in [1.54, 1.807) is 4.90 Å². The Hall–Kier alpha value is -2.65. The normalized spacial score (nSPS) is 20.6. The molecule has 1 amide bonds. The topological polar surface area (TPSA) is 77.2 Å². The van der Waals surface area contributed by atoms with Crippen LogP contribution < -0.4 is 11.2 Å². The third kappa shape index (κ3) is 3.67. The van der Waals surface area contributed by atoms with Crippen molar-refractivity contribution in [1.82, 2.24) is 19.0 Å². The van der Waals surface area contributed by atoms with Gasteiger partial charge >= 0.3 is 11.9 Å². The lowest BCUT2D eigenvalue weighted by molar-refractivity contribution is -0.141. The molecule has 0 N–H and O–H groups in total. The molecule has 2 aromatic rings. The monoisotopic (exact) mass is 398 g/mol. The van der Waals surface area contributed by atoms with E-state index >= 15 is 0 Å². The van der Waals surface area contributed by atoms with E-state index in [1.165, 1.54) is 7.05 Å². The average Bonchev–Trinajstić information content (AvgIpc) is 2.61. The fourth-order valence-electron chi connectivity index (χ4n) is 3.77. The van der Waals surface area contributed by atoms with E-state index in [9.17, 15) is 27.6 Å². The molecule has 7 nitrogen and oxygen atoms in total. The summed E-state index contributed by atoms with van der Waals surface area (Å²) in [5.74, 6) is 0.263. The molecule has 2 unspecified atom stereocenters. The molecule has 0 spiro atoms. The Labute approximate surface area is 158 Å². The molecular formula is C18H21F3N4O3. The highest BCUT2D eigenvalue weighted by molar-refractivity contribution is 5.77. The van der Waals surface area contributed by atoms with Gasteiger partial charge < -0.3 is 4.90 Å². The van der Waals surface area contributed by atoms with Crippen molar-refractivity contribution in [2.24, 2.45) is 18.9 Å². The summed E-state index contributed by atoms with van der Waals surface area (Å²) in [5.41, 5.74) is -3.27. The van der Waals surface area contributed by atoms with E-state index in [4.69, 9.17) is 0 Å². The molecule has 28 heavy (non-hydrogen) atoms. The summed E-state index contributed by atoms with van der Waals surface area (Å²) >= 11 is 0. The number of carbonyl (C=O) groups is 1. The summed E-state index contributed by atoms with van der Waals surface area (Å²) in [6.45, 7) is 4.69. The number of carbonyl (C=O) groups excluding carboxylic acids is 1. The maximum Gasteiger partial charge on any atom is 0.433 e. The second-order valence-electron chi connectivity index (χ2n) is 7.54. The van der Waals surface area contributed by atoms with Crippen LogP contribution in [0.1, 0.15) is 26.0 Å². The van der Waals surface area contributed by atoms with Gasteiger partial charge in [-0.25, -0.2) is 9.78 Å². The van der Waals surface area contributed by atoms with Crippen LogP contribution in [0.25, 0.3) is 11.0 Å². The maximum atomic E-state index is 12.9. The number of hydrogen-bond acceptors (Lipinski definition) is 4. The van der Waals surface area contributed by atoms with Gasteiger partial charge in [0.1, 0.15) is 17.9 Å². The number of nitrogens with zero attached hydrogens (tertiary/aromatic N) is 4. The number of rotatable bonds is 2. The Kier molecular flexibility index (Phi) is 5.07. The third-order valence-corrected chi connectivity index (χ3v) is 4.99. The minimum absolute atomic E-state index is 0.150. The Morgan fingerprint density at radius 1 is 1.18 bits per heavy atom. The van der Waals surface area contributed by atoms with Crippen molar-refractivity contribution >= 4 is 16.9 Å². The third-order valence-electron chi connectivity index (χ3n) is 4.99. The van der Waals surface area contributed by atoms with Crippen LogP contribution in [0, 0.1) is 11.8 Å². The Balaban J connectivity index is 2.02. The number of piperidine rings is 1. The van der Waals surface area contributed by atoms with Crippen LogP contribution in [-0.4, -0.2) is 38.0 Å². The molecule has 0 bridgehead atoms. The predicted octanol–water partition coefficient (Wildman–Crippen LogP) is 1.62. The number of likely N-dealkylation sites (tertiary alicyclic amines) is 1. The van der Waals surface area contributed by atoms with Crippen molar-refractivity contribution in [2.75, 3.05) is 13.1 Å². The lowest BCUT2D eigenvalue weighted by atomic mass is 9.92. The second-order valence-corrected chi connectivity index (χ2v) is 7.54. The van der Waals surface area contributed by atoms with Crippen molar-refractivity contribution in [3.63, 3.8) is 0 Å². The summed E-state index contributed by atoms with van der Waals surface area (Å²) in [6.07, 6.45) is -3.70. The summed E-state index contributed by atoms with van der Waals surface area (Å²) in [7, 11) is 1.23. The number of aryl methyl sites for hydroxylation is 1. The van der Waals surface area contributed by atoms with Gasteiger partial charge in [-0.05, 0) is 30.4 Å². The molecule has 152 valence electrons. The van der Waals surface area contributed by atoms with Gasteiger partial charge in [0.25, 0.3) is 5.56 Å². The van der Waals surface area contributed by atoms with Gasteiger partial charge in [0.2, 0.25) is 5.91 Å². The fraction of sp³-hybridized carbons (Fsp3) is 0.556. The summed E-state index contributed by atoms with van der Waals surface area (Å²) in [4.78, 5) is 42.9. The number of amides is 1. The highest BCUT2D eigenvalue weighted by Gasteiger charge is 2.33. The molecule has 0 aromatic carbocycles. The van der Waals surface area contributed by atoms with E-state index in [2.05, 4.69) is 4.98 Å². The van der Waals surface area contributed by atoms with Gasteiger partial charge in [-0.15, -0.1) is 0 Å². The summed E-state index contributed by atoms with van der Waals surface area (Å²) in [5, 5.41) is -0.150. The van der Waals surface area contributed by atoms with Gasteiger partial charge in [0, 0.05) is 20.1 Å². The lowest BCUT2D eigenvalue weighted by Crippen LogP contribution is -2.48. The van der Waals surface area contributed by atoms with Crippen molar-refractivity contribution in [1.29, 1.82) is 0 Å². The minimum Gasteiger partial charge on any atom is -0.341 e. The Morgan fingerprint density at radius 3 is 2.36 bits per heavy atom. The second kappa shape index (κ2) is 7.06. The van der Waals surface area contributed by atoms with E-state index in [0.29, 0.717) is 31.0 Å². The first-order valence-corrected chi connectivity index (χ1v) is 8.94. The Morgan fingerprint density at radius 2 is 1.79 bits per heavy atom. The number of halogens is 3.